The number of anilines is 1. The Morgan fingerprint density at radius 2 is 2.38 bits per heavy atom. The zero-order chi connectivity index (χ0) is 9.68. The van der Waals surface area contributed by atoms with E-state index in [4.69, 9.17) is 5.26 Å². The maximum absolute atomic E-state index is 8.68. The summed E-state index contributed by atoms with van der Waals surface area (Å²) < 4.78 is 0. The molecule has 0 radical (unpaired) electrons. The average Bonchev–Trinajstić information content (AvgIpc) is 2.18. The number of aromatic nitrogens is 1. The minimum Gasteiger partial charge on any atom is -0.360 e. The number of nitrogens with zero attached hydrogens (tertiary/aromatic N) is 3. The minimum atomic E-state index is 0.660. The van der Waals surface area contributed by atoms with Gasteiger partial charge in [0.15, 0.2) is 0 Å². The highest BCUT2D eigenvalue weighted by Crippen LogP contribution is 2.10. The summed E-state index contributed by atoms with van der Waals surface area (Å²) in [4.78, 5) is 6.22. The molecule has 0 atom stereocenters. The highest BCUT2D eigenvalue weighted by Gasteiger charge is 2.00. The van der Waals surface area contributed by atoms with Crippen LogP contribution in [0.15, 0.2) is 18.3 Å². The lowest BCUT2D eigenvalue weighted by atomic mass is 10.3. The first kappa shape index (κ1) is 9.53. The summed E-state index contributed by atoms with van der Waals surface area (Å²) in [5, 5.41) is 8.68. The summed E-state index contributed by atoms with van der Waals surface area (Å²) in [6.07, 6.45) is 2.75. The fraction of sp³-hybridized carbons (Fsp3) is 0.400. The van der Waals surface area contributed by atoms with Crippen LogP contribution in [-0.4, -0.2) is 18.6 Å². The monoisotopic (exact) mass is 175 g/mol. The fourth-order valence-electron chi connectivity index (χ4n) is 1.15. The highest BCUT2D eigenvalue weighted by atomic mass is 15.2. The molecule has 1 aromatic rings. The maximum Gasteiger partial charge on any atom is 0.129 e. The van der Waals surface area contributed by atoms with Crippen molar-refractivity contribution in [1.29, 1.82) is 5.26 Å². The topological polar surface area (TPSA) is 39.9 Å². The van der Waals surface area contributed by atoms with Crippen molar-refractivity contribution in [1.82, 2.24) is 4.98 Å². The maximum atomic E-state index is 8.68. The second-order valence-electron chi connectivity index (χ2n) is 2.94. The van der Waals surface area contributed by atoms with Crippen LogP contribution in [-0.2, 0) is 0 Å². The van der Waals surface area contributed by atoms with E-state index in [1.165, 1.54) is 0 Å². The number of nitriles is 1. The fourth-order valence-corrected chi connectivity index (χ4v) is 1.15. The summed E-state index contributed by atoms with van der Waals surface area (Å²) in [7, 11) is 1.98. The van der Waals surface area contributed by atoms with Crippen LogP contribution in [0.1, 0.15) is 18.9 Å². The molecule has 1 heterocycles. The van der Waals surface area contributed by atoms with E-state index in [0.717, 1.165) is 18.8 Å². The van der Waals surface area contributed by atoms with Gasteiger partial charge in [-0.2, -0.15) is 5.26 Å². The molecule has 0 amide bonds. The number of hydrogen-bond donors (Lipinski definition) is 0. The molecule has 0 aliphatic carbocycles. The molecule has 68 valence electrons. The smallest absolute Gasteiger partial charge is 0.129 e. The summed E-state index contributed by atoms with van der Waals surface area (Å²) in [5.41, 5.74) is 0.660. The van der Waals surface area contributed by atoms with Crippen molar-refractivity contribution in [2.24, 2.45) is 0 Å². The van der Waals surface area contributed by atoms with Crippen molar-refractivity contribution < 1.29 is 0 Å². The van der Waals surface area contributed by atoms with E-state index in [1.807, 2.05) is 11.9 Å². The molecule has 3 heteroatoms. The van der Waals surface area contributed by atoms with Crippen LogP contribution >= 0.6 is 0 Å². The molecule has 0 saturated heterocycles. The lowest BCUT2D eigenvalue weighted by molar-refractivity contribution is 0.837. The Kier molecular flexibility index (Phi) is 3.27. The Morgan fingerprint density at radius 1 is 1.62 bits per heavy atom. The predicted octanol–water partition coefficient (Wildman–Crippen LogP) is 1.80. The van der Waals surface area contributed by atoms with Crippen molar-refractivity contribution >= 4 is 5.82 Å². The standard InChI is InChI=1S/C10H13N3/c1-3-6-13(2)10-7-9(8-11)4-5-12-10/h4-5,7H,3,6H2,1-2H3. The molecule has 0 saturated carbocycles. The van der Waals surface area contributed by atoms with Crippen LogP contribution in [0.25, 0.3) is 0 Å². The van der Waals surface area contributed by atoms with Gasteiger partial charge in [0.25, 0.3) is 0 Å². The summed E-state index contributed by atoms with van der Waals surface area (Å²) >= 11 is 0. The van der Waals surface area contributed by atoms with Gasteiger partial charge in [0.05, 0.1) is 11.6 Å². The minimum absolute atomic E-state index is 0.660. The summed E-state index contributed by atoms with van der Waals surface area (Å²) in [6, 6.07) is 5.61. The molecule has 0 aromatic carbocycles. The molecule has 0 aliphatic heterocycles. The lowest BCUT2D eigenvalue weighted by Gasteiger charge is -2.16. The van der Waals surface area contributed by atoms with Crippen LogP contribution in [0.2, 0.25) is 0 Å². The largest absolute Gasteiger partial charge is 0.360 e. The van der Waals surface area contributed by atoms with E-state index in [2.05, 4.69) is 18.0 Å². The summed E-state index contributed by atoms with van der Waals surface area (Å²) in [6.45, 7) is 3.08. The van der Waals surface area contributed by atoms with E-state index in [0.29, 0.717) is 5.56 Å². The van der Waals surface area contributed by atoms with Crippen molar-refractivity contribution in [2.75, 3.05) is 18.5 Å². The highest BCUT2D eigenvalue weighted by molar-refractivity contribution is 5.43. The van der Waals surface area contributed by atoms with Gasteiger partial charge in [-0.3, -0.25) is 0 Å². The van der Waals surface area contributed by atoms with E-state index in [1.54, 1.807) is 18.3 Å². The Balaban J connectivity index is 2.83. The van der Waals surface area contributed by atoms with Crippen molar-refractivity contribution in [3.05, 3.63) is 23.9 Å². The molecule has 0 aliphatic rings. The molecule has 1 rings (SSSR count). The van der Waals surface area contributed by atoms with Gasteiger partial charge in [-0.05, 0) is 18.6 Å². The first-order valence-electron chi connectivity index (χ1n) is 4.35. The second kappa shape index (κ2) is 4.46. The van der Waals surface area contributed by atoms with Crippen LogP contribution < -0.4 is 4.90 Å². The molecule has 0 fully saturated rings. The Bertz CT molecular complexity index is 314. The Morgan fingerprint density at radius 3 is 3.00 bits per heavy atom. The van der Waals surface area contributed by atoms with E-state index in [9.17, 15) is 0 Å². The number of rotatable bonds is 3. The zero-order valence-electron chi connectivity index (χ0n) is 7.99. The predicted molar refractivity (Wildman–Crippen MR) is 52.5 cm³/mol. The van der Waals surface area contributed by atoms with E-state index < -0.39 is 0 Å². The van der Waals surface area contributed by atoms with E-state index >= 15 is 0 Å². The van der Waals surface area contributed by atoms with Crippen molar-refractivity contribution in [3.63, 3.8) is 0 Å². The third-order valence-corrected chi connectivity index (χ3v) is 1.82. The van der Waals surface area contributed by atoms with Crippen LogP contribution in [0, 0.1) is 11.3 Å². The third kappa shape index (κ3) is 2.45. The number of hydrogen-bond acceptors (Lipinski definition) is 3. The van der Waals surface area contributed by atoms with Crippen molar-refractivity contribution in [3.8, 4) is 6.07 Å². The van der Waals surface area contributed by atoms with Gasteiger partial charge in [-0.15, -0.1) is 0 Å². The van der Waals surface area contributed by atoms with Gasteiger partial charge < -0.3 is 4.90 Å². The van der Waals surface area contributed by atoms with Gasteiger partial charge in [0.2, 0.25) is 0 Å². The van der Waals surface area contributed by atoms with Gasteiger partial charge >= 0.3 is 0 Å². The molecule has 3 nitrogen and oxygen atoms in total. The van der Waals surface area contributed by atoms with Crippen LogP contribution in [0.3, 0.4) is 0 Å². The Hall–Kier alpha value is -1.56. The van der Waals surface area contributed by atoms with Gasteiger partial charge in [-0.1, -0.05) is 6.92 Å². The van der Waals surface area contributed by atoms with Gasteiger partial charge in [0, 0.05) is 19.8 Å². The summed E-state index contributed by atoms with van der Waals surface area (Å²) in [5.74, 6) is 0.862. The Labute approximate surface area is 78.6 Å². The quantitative estimate of drug-likeness (QED) is 0.703. The molecular weight excluding hydrogens is 162 g/mol. The SMILES string of the molecule is CCCN(C)c1cc(C#N)ccn1. The molecule has 0 unspecified atom stereocenters. The zero-order valence-corrected chi connectivity index (χ0v) is 7.99. The second-order valence-corrected chi connectivity index (χ2v) is 2.94. The molecular formula is C10H13N3. The third-order valence-electron chi connectivity index (χ3n) is 1.82. The van der Waals surface area contributed by atoms with Gasteiger partial charge in [-0.25, -0.2) is 4.98 Å². The first-order chi connectivity index (χ1) is 6.27. The molecule has 0 spiro atoms. The number of pyridine rings is 1. The van der Waals surface area contributed by atoms with E-state index in [-0.39, 0.29) is 0 Å². The molecule has 13 heavy (non-hydrogen) atoms. The first-order valence-corrected chi connectivity index (χ1v) is 4.35. The molecule has 0 bridgehead atoms. The van der Waals surface area contributed by atoms with Crippen LogP contribution in [0.4, 0.5) is 5.82 Å². The molecule has 1 aromatic heterocycles. The van der Waals surface area contributed by atoms with Gasteiger partial charge in [0.1, 0.15) is 5.82 Å². The lowest BCUT2D eigenvalue weighted by Crippen LogP contribution is -2.18. The average molecular weight is 175 g/mol. The van der Waals surface area contributed by atoms with Crippen molar-refractivity contribution in [2.45, 2.75) is 13.3 Å². The molecule has 0 N–H and O–H groups in total. The van der Waals surface area contributed by atoms with Crippen LogP contribution in [0.5, 0.6) is 0 Å². The normalized spacial score (nSPS) is 9.31.